The van der Waals surface area contributed by atoms with E-state index in [4.69, 9.17) is 4.74 Å². The maximum absolute atomic E-state index is 10.7. The Hall–Kier alpha value is -1.14. The van der Waals surface area contributed by atoms with Gasteiger partial charge in [-0.1, -0.05) is 0 Å². The van der Waals surface area contributed by atoms with Crippen LogP contribution in [0.25, 0.3) is 0 Å². The van der Waals surface area contributed by atoms with Crippen LogP contribution in [0.5, 0.6) is 0 Å². The Labute approximate surface area is 120 Å². The van der Waals surface area contributed by atoms with E-state index in [1.165, 1.54) is 6.07 Å². The molecule has 0 radical (unpaired) electrons. The fourth-order valence-corrected chi connectivity index (χ4v) is 2.99. The van der Waals surface area contributed by atoms with Gasteiger partial charge in [0, 0.05) is 24.9 Å². The van der Waals surface area contributed by atoms with Crippen molar-refractivity contribution in [2.24, 2.45) is 0 Å². The molecule has 6 heteroatoms. The molecule has 1 fully saturated rings. The van der Waals surface area contributed by atoms with E-state index in [9.17, 15) is 10.1 Å². The Morgan fingerprint density at radius 3 is 2.89 bits per heavy atom. The monoisotopic (exact) mass is 328 g/mol. The lowest BCUT2D eigenvalue weighted by Gasteiger charge is -2.29. The zero-order chi connectivity index (χ0) is 13.8. The standard InChI is InChI=1S/C13H17BrN2O3/c1-19-11-4-2-3-9(7-11)15-10-5-6-13(16(17)18)12(14)8-10/h5-6,8-9,11,15H,2-4,7H2,1H3. The molecule has 19 heavy (non-hydrogen) atoms. The first-order valence-electron chi connectivity index (χ1n) is 6.33. The average molecular weight is 329 g/mol. The van der Waals surface area contributed by atoms with E-state index in [0.29, 0.717) is 16.6 Å². The van der Waals surface area contributed by atoms with Gasteiger partial charge in [0.15, 0.2) is 0 Å². The van der Waals surface area contributed by atoms with Crippen molar-refractivity contribution in [2.45, 2.75) is 37.8 Å². The molecule has 104 valence electrons. The Morgan fingerprint density at radius 2 is 2.26 bits per heavy atom. The summed E-state index contributed by atoms with van der Waals surface area (Å²) in [5.74, 6) is 0. The van der Waals surface area contributed by atoms with E-state index in [-0.39, 0.29) is 5.69 Å². The SMILES string of the molecule is COC1CCCC(Nc2ccc([N+](=O)[O-])c(Br)c2)C1. The number of nitrogens with one attached hydrogen (secondary N) is 1. The molecule has 0 saturated heterocycles. The number of halogens is 1. The molecule has 1 aliphatic rings. The molecule has 0 heterocycles. The lowest BCUT2D eigenvalue weighted by molar-refractivity contribution is -0.385. The number of hydrogen-bond donors (Lipinski definition) is 1. The maximum atomic E-state index is 10.7. The third-order valence-corrected chi connectivity index (χ3v) is 4.11. The summed E-state index contributed by atoms with van der Waals surface area (Å²) in [6.07, 6.45) is 4.65. The van der Waals surface area contributed by atoms with Gasteiger partial charge in [-0.15, -0.1) is 0 Å². The quantitative estimate of drug-likeness (QED) is 0.675. The minimum atomic E-state index is -0.393. The largest absolute Gasteiger partial charge is 0.382 e. The predicted octanol–water partition coefficient (Wildman–Crippen LogP) is 3.73. The van der Waals surface area contributed by atoms with Crippen LogP contribution in [0.2, 0.25) is 0 Å². The lowest BCUT2D eigenvalue weighted by Crippen LogP contribution is -2.30. The molecular formula is C13H17BrN2O3. The van der Waals surface area contributed by atoms with Gasteiger partial charge in [0.2, 0.25) is 0 Å². The number of ether oxygens (including phenoxy) is 1. The molecular weight excluding hydrogens is 312 g/mol. The summed E-state index contributed by atoms with van der Waals surface area (Å²) < 4.78 is 5.90. The second-order valence-corrected chi connectivity index (χ2v) is 5.64. The van der Waals surface area contributed by atoms with Crippen molar-refractivity contribution < 1.29 is 9.66 Å². The maximum Gasteiger partial charge on any atom is 0.283 e. The molecule has 2 atom stereocenters. The number of nitro benzene ring substituents is 1. The van der Waals surface area contributed by atoms with Gasteiger partial charge >= 0.3 is 0 Å². The highest BCUT2D eigenvalue weighted by atomic mass is 79.9. The predicted molar refractivity (Wildman–Crippen MR) is 77.5 cm³/mol. The molecule has 0 amide bonds. The van der Waals surface area contributed by atoms with Crippen LogP contribution in [0, 0.1) is 10.1 Å². The Balaban J connectivity index is 2.03. The molecule has 2 rings (SSSR count). The van der Waals surface area contributed by atoms with Gasteiger partial charge in [0.1, 0.15) is 0 Å². The minimum Gasteiger partial charge on any atom is -0.382 e. The summed E-state index contributed by atoms with van der Waals surface area (Å²) in [5, 5.41) is 14.2. The van der Waals surface area contributed by atoms with Crippen LogP contribution in [0.1, 0.15) is 25.7 Å². The number of nitro groups is 1. The molecule has 0 aliphatic heterocycles. The lowest BCUT2D eigenvalue weighted by atomic mass is 9.92. The molecule has 1 aromatic carbocycles. The molecule has 1 N–H and O–H groups in total. The number of anilines is 1. The normalized spacial score (nSPS) is 23.1. The summed E-state index contributed by atoms with van der Waals surface area (Å²) in [6, 6.07) is 5.39. The molecule has 0 spiro atoms. The Bertz CT molecular complexity index is 467. The molecule has 0 aromatic heterocycles. The van der Waals surface area contributed by atoms with E-state index in [0.717, 1.165) is 31.4 Å². The van der Waals surface area contributed by atoms with Crippen molar-refractivity contribution in [3.8, 4) is 0 Å². The van der Waals surface area contributed by atoms with Gasteiger partial charge in [-0.3, -0.25) is 10.1 Å². The fourth-order valence-electron chi connectivity index (χ4n) is 2.47. The van der Waals surface area contributed by atoms with E-state index < -0.39 is 4.92 Å². The Kier molecular flexibility index (Phi) is 4.76. The van der Waals surface area contributed by atoms with Crippen molar-refractivity contribution >= 4 is 27.3 Å². The van der Waals surface area contributed by atoms with Crippen LogP contribution >= 0.6 is 15.9 Å². The zero-order valence-corrected chi connectivity index (χ0v) is 12.4. The average Bonchev–Trinajstić information content (AvgIpc) is 2.38. The first-order valence-corrected chi connectivity index (χ1v) is 7.12. The van der Waals surface area contributed by atoms with Gasteiger partial charge in [-0.2, -0.15) is 0 Å². The highest BCUT2D eigenvalue weighted by Crippen LogP contribution is 2.30. The molecule has 2 unspecified atom stereocenters. The van der Waals surface area contributed by atoms with Crippen molar-refractivity contribution in [1.82, 2.24) is 0 Å². The number of rotatable bonds is 4. The molecule has 1 aliphatic carbocycles. The van der Waals surface area contributed by atoms with Crippen LogP contribution in [0.15, 0.2) is 22.7 Å². The van der Waals surface area contributed by atoms with Crippen molar-refractivity contribution in [1.29, 1.82) is 0 Å². The second-order valence-electron chi connectivity index (χ2n) is 4.79. The van der Waals surface area contributed by atoms with Crippen LogP contribution in [0.3, 0.4) is 0 Å². The number of methoxy groups -OCH3 is 1. The third kappa shape index (κ3) is 3.67. The van der Waals surface area contributed by atoms with Gasteiger partial charge in [-0.25, -0.2) is 0 Å². The summed E-state index contributed by atoms with van der Waals surface area (Å²) in [7, 11) is 1.75. The van der Waals surface area contributed by atoms with E-state index in [1.54, 1.807) is 19.2 Å². The highest BCUT2D eigenvalue weighted by molar-refractivity contribution is 9.10. The van der Waals surface area contributed by atoms with Gasteiger partial charge in [0.05, 0.1) is 15.5 Å². The summed E-state index contributed by atoms with van der Waals surface area (Å²) in [5.41, 5.74) is 0.989. The summed E-state index contributed by atoms with van der Waals surface area (Å²) in [6.45, 7) is 0. The van der Waals surface area contributed by atoms with Crippen molar-refractivity contribution in [3.05, 3.63) is 32.8 Å². The van der Waals surface area contributed by atoms with Crippen LogP contribution in [-0.2, 0) is 4.74 Å². The van der Waals surface area contributed by atoms with Crippen LogP contribution < -0.4 is 5.32 Å². The number of benzene rings is 1. The van der Waals surface area contributed by atoms with E-state index >= 15 is 0 Å². The van der Waals surface area contributed by atoms with Gasteiger partial charge in [-0.05, 0) is 53.7 Å². The summed E-state index contributed by atoms with van der Waals surface area (Å²) >= 11 is 3.23. The second kappa shape index (κ2) is 6.34. The smallest absolute Gasteiger partial charge is 0.283 e. The molecule has 0 bridgehead atoms. The highest BCUT2D eigenvalue weighted by Gasteiger charge is 2.22. The number of hydrogen-bond acceptors (Lipinski definition) is 4. The Morgan fingerprint density at radius 1 is 1.47 bits per heavy atom. The summed E-state index contributed by atoms with van der Waals surface area (Å²) in [4.78, 5) is 10.4. The van der Waals surface area contributed by atoms with Gasteiger partial charge < -0.3 is 10.1 Å². The molecule has 1 aromatic rings. The minimum absolute atomic E-state index is 0.0870. The van der Waals surface area contributed by atoms with Crippen molar-refractivity contribution in [3.63, 3.8) is 0 Å². The molecule has 5 nitrogen and oxygen atoms in total. The van der Waals surface area contributed by atoms with Gasteiger partial charge in [0.25, 0.3) is 5.69 Å². The van der Waals surface area contributed by atoms with Crippen LogP contribution in [-0.4, -0.2) is 24.2 Å². The first-order chi connectivity index (χ1) is 9.10. The number of nitrogens with zero attached hydrogens (tertiary/aromatic N) is 1. The third-order valence-electron chi connectivity index (χ3n) is 3.47. The molecule has 1 saturated carbocycles. The van der Waals surface area contributed by atoms with E-state index in [2.05, 4.69) is 21.2 Å². The van der Waals surface area contributed by atoms with Crippen LogP contribution in [0.4, 0.5) is 11.4 Å². The topological polar surface area (TPSA) is 64.4 Å². The van der Waals surface area contributed by atoms with E-state index in [1.807, 2.05) is 0 Å². The zero-order valence-electron chi connectivity index (χ0n) is 10.8. The fraction of sp³-hybridized carbons (Fsp3) is 0.538. The first kappa shape index (κ1) is 14.3. The van der Waals surface area contributed by atoms with Crippen molar-refractivity contribution in [2.75, 3.05) is 12.4 Å².